The van der Waals surface area contributed by atoms with Gasteiger partial charge in [-0.25, -0.2) is 8.42 Å². The lowest BCUT2D eigenvalue weighted by molar-refractivity contribution is -0.123. The molecule has 34 heavy (non-hydrogen) atoms. The second-order valence-electron chi connectivity index (χ2n) is 8.77. The zero-order chi connectivity index (χ0) is 24.5. The molecule has 2 N–H and O–H groups in total. The fourth-order valence-electron chi connectivity index (χ4n) is 4.23. The van der Waals surface area contributed by atoms with E-state index in [9.17, 15) is 18.0 Å². The summed E-state index contributed by atoms with van der Waals surface area (Å²) >= 11 is 0. The molecule has 1 atom stereocenters. The maximum Gasteiger partial charge on any atom is 0.265 e. The van der Waals surface area contributed by atoms with Crippen LogP contribution in [-0.4, -0.2) is 68.8 Å². The predicted octanol–water partition coefficient (Wildman–Crippen LogP) is 1.51. The lowest BCUT2D eigenvalue weighted by atomic mass is 10.00. The van der Waals surface area contributed by atoms with Crippen molar-refractivity contribution in [2.45, 2.75) is 37.8 Å². The van der Waals surface area contributed by atoms with E-state index in [0.717, 1.165) is 23.8 Å². The zero-order valence-electron chi connectivity index (χ0n) is 19.6. The van der Waals surface area contributed by atoms with Crippen LogP contribution in [0.1, 0.15) is 23.6 Å². The first-order valence-electron chi connectivity index (χ1n) is 11.3. The van der Waals surface area contributed by atoms with Gasteiger partial charge in [0.2, 0.25) is 15.9 Å². The number of hydrogen-bond donors (Lipinski definition) is 2. The Kier molecular flexibility index (Phi) is 6.92. The van der Waals surface area contributed by atoms with E-state index in [1.807, 2.05) is 6.07 Å². The fourth-order valence-corrected chi connectivity index (χ4v) is 5.58. The highest BCUT2D eigenvalue weighted by Crippen LogP contribution is 2.35. The molecule has 2 aliphatic rings. The summed E-state index contributed by atoms with van der Waals surface area (Å²) in [6, 6.07) is 11.3. The Bertz CT molecular complexity index is 1210. The Morgan fingerprint density at radius 3 is 2.76 bits per heavy atom. The van der Waals surface area contributed by atoms with Crippen LogP contribution in [0.3, 0.4) is 0 Å². The van der Waals surface area contributed by atoms with Crippen LogP contribution in [0.15, 0.2) is 41.3 Å². The van der Waals surface area contributed by atoms with E-state index in [1.54, 1.807) is 19.9 Å². The zero-order valence-corrected chi connectivity index (χ0v) is 20.4. The summed E-state index contributed by atoms with van der Waals surface area (Å²) in [5.41, 5.74) is 3.56. The van der Waals surface area contributed by atoms with Gasteiger partial charge in [0.25, 0.3) is 5.91 Å². The van der Waals surface area contributed by atoms with Crippen molar-refractivity contribution in [2.75, 3.05) is 38.5 Å². The Morgan fingerprint density at radius 2 is 2.00 bits per heavy atom. The van der Waals surface area contributed by atoms with Crippen molar-refractivity contribution in [3.8, 4) is 5.75 Å². The Balaban J connectivity index is 1.33. The van der Waals surface area contributed by atoms with Gasteiger partial charge in [0.05, 0.1) is 17.1 Å². The van der Waals surface area contributed by atoms with Gasteiger partial charge < -0.3 is 15.4 Å². The highest BCUT2D eigenvalue weighted by atomic mass is 32.2. The number of aryl methyl sites for hydroxylation is 1. The van der Waals surface area contributed by atoms with Crippen molar-refractivity contribution < 1.29 is 22.7 Å². The number of hydrogen-bond acceptors (Lipinski definition) is 6. The average Bonchev–Trinajstić information content (AvgIpc) is 2.79. The largest absolute Gasteiger partial charge is 0.479 e. The summed E-state index contributed by atoms with van der Waals surface area (Å²) in [5, 5.41) is 5.53. The van der Waals surface area contributed by atoms with Crippen molar-refractivity contribution in [2.24, 2.45) is 0 Å². The van der Waals surface area contributed by atoms with Crippen molar-refractivity contribution in [3.63, 3.8) is 0 Å². The number of ether oxygens (including phenoxy) is 1. The standard InChI is InChI=1S/C24H30N4O5S/c1-16-12-20-21(33-17(2)24(30)26-20)13-22(16)34(31,32)27(3)15-23(29)25-9-11-28-10-8-18-6-4-5-7-19(18)14-28/h4-7,12-13,17H,8-11,14-15H2,1-3H3,(H,25,29)(H,26,30)/t17-/m0/s1. The molecule has 182 valence electrons. The maximum absolute atomic E-state index is 13.2. The number of amides is 2. The molecule has 9 nitrogen and oxygen atoms in total. The molecule has 0 saturated carbocycles. The molecule has 2 heterocycles. The summed E-state index contributed by atoms with van der Waals surface area (Å²) < 4.78 is 32.9. The number of anilines is 1. The molecular weight excluding hydrogens is 456 g/mol. The van der Waals surface area contributed by atoms with Gasteiger partial charge in [-0.2, -0.15) is 4.31 Å². The van der Waals surface area contributed by atoms with E-state index in [4.69, 9.17) is 4.74 Å². The second kappa shape index (κ2) is 9.73. The van der Waals surface area contributed by atoms with Crippen LogP contribution >= 0.6 is 0 Å². The number of benzene rings is 2. The quantitative estimate of drug-likeness (QED) is 0.614. The third-order valence-electron chi connectivity index (χ3n) is 6.22. The smallest absolute Gasteiger partial charge is 0.265 e. The van der Waals surface area contributed by atoms with E-state index < -0.39 is 16.1 Å². The average molecular weight is 487 g/mol. The van der Waals surface area contributed by atoms with Gasteiger partial charge in [0, 0.05) is 39.3 Å². The molecule has 0 aliphatic carbocycles. The molecule has 2 aliphatic heterocycles. The third-order valence-corrected chi connectivity index (χ3v) is 8.17. The Morgan fingerprint density at radius 1 is 1.26 bits per heavy atom. The first-order chi connectivity index (χ1) is 16.1. The first kappa shape index (κ1) is 24.2. The molecule has 0 fully saturated rings. The van der Waals surface area contributed by atoms with Gasteiger partial charge in [-0.15, -0.1) is 0 Å². The van der Waals surface area contributed by atoms with Crippen LogP contribution in [0.2, 0.25) is 0 Å². The predicted molar refractivity (Wildman–Crippen MR) is 128 cm³/mol. The molecule has 0 radical (unpaired) electrons. The summed E-state index contributed by atoms with van der Waals surface area (Å²) in [5.74, 6) is -0.362. The highest BCUT2D eigenvalue weighted by Gasteiger charge is 2.30. The van der Waals surface area contributed by atoms with Gasteiger partial charge in [-0.3, -0.25) is 14.5 Å². The summed E-state index contributed by atoms with van der Waals surface area (Å²) in [6.07, 6.45) is 0.264. The molecular formula is C24H30N4O5S. The van der Waals surface area contributed by atoms with E-state index in [2.05, 4.69) is 33.7 Å². The number of sulfonamides is 1. The summed E-state index contributed by atoms with van der Waals surface area (Å²) in [7, 11) is -2.56. The lowest BCUT2D eigenvalue weighted by Crippen LogP contribution is -2.42. The molecule has 4 rings (SSSR count). The normalized spacial score (nSPS) is 18.0. The number of nitrogens with zero attached hydrogens (tertiary/aromatic N) is 2. The first-order valence-corrected chi connectivity index (χ1v) is 12.7. The third kappa shape index (κ3) is 5.08. The van der Waals surface area contributed by atoms with Gasteiger partial charge in [0.1, 0.15) is 5.75 Å². The van der Waals surface area contributed by atoms with Crippen LogP contribution in [0.4, 0.5) is 5.69 Å². The van der Waals surface area contributed by atoms with Crippen molar-refractivity contribution in [1.29, 1.82) is 0 Å². The number of nitrogens with one attached hydrogen (secondary N) is 2. The monoisotopic (exact) mass is 486 g/mol. The van der Waals surface area contributed by atoms with E-state index in [-0.39, 0.29) is 29.0 Å². The van der Waals surface area contributed by atoms with Crippen LogP contribution in [0, 0.1) is 6.92 Å². The molecule has 10 heteroatoms. The lowest BCUT2D eigenvalue weighted by Gasteiger charge is -2.28. The molecule has 2 aromatic carbocycles. The van der Waals surface area contributed by atoms with Crippen molar-refractivity contribution in [3.05, 3.63) is 53.1 Å². The highest BCUT2D eigenvalue weighted by molar-refractivity contribution is 7.89. The summed E-state index contributed by atoms with van der Waals surface area (Å²) in [4.78, 5) is 26.6. The molecule has 0 bridgehead atoms. The van der Waals surface area contributed by atoms with Gasteiger partial charge >= 0.3 is 0 Å². The van der Waals surface area contributed by atoms with Gasteiger partial charge in [-0.1, -0.05) is 24.3 Å². The minimum atomic E-state index is -3.94. The molecule has 0 aromatic heterocycles. The fraction of sp³-hybridized carbons (Fsp3) is 0.417. The Labute approximate surface area is 200 Å². The van der Waals surface area contributed by atoms with E-state index in [1.165, 1.54) is 24.2 Å². The number of fused-ring (bicyclic) bond motifs is 2. The van der Waals surface area contributed by atoms with Crippen LogP contribution in [-0.2, 0) is 32.6 Å². The number of rotatable bonds is 7. The van der Waals surface area contributed by atoms with Crippen LogP contribution < -0.4 is 15.4 Å². The van der Waals surface area contributed by atoms with Crippen LogP contribution in [0.5, 0.6) is 5.75 Å². The Hall–Kier alpha value is -2.95. The molecule has 0 saturated heterocycles. The van der Waals surface area contributed by atoms with Crippen molar-refractivity contribution >= 4 is 27.5 Å². The van der Waals surface area contributed by atoms with Gasteiger partial charge in [0.15, 0.2) is 6.10 Å². The number of carbonyl (C=O) groups excluding carboxylic acids is 2. The molecule has 0 spiro atoms. The van der Waals surface area contributed by atoms with Crippen LogP contribution in [0.25, 0.3) is 0 Å². The second-order valence-corrected chi connectivity index (χ2v) is 10.8. The minimum absolute atomic E-state index is 0.0388. The molecule has 2 aromatic rings. The number of carbonyl (C=O) groups is 2. The van der Waals surface area contributed by atoms with E-state index >= 15 is 0 Å². The molecule has 2 amide bonds. The van der Waals surface area contributed by atoms with E-state index in [0.29, 0.717) is 24.3 Å². The minimum Gasteiger partial charge on any atom is -0.479 e. The van der Waals surface area contributed by atoms with Gasteiger partial charge in [-0.05, 0) is 43.0 Å². The van der Waals surface area contributed by atoms with Crippen molar-refractivity contribution in [1.82, 2.24) is 14.5 Å². The SMILES string of the molecule is Cc1cc2c(cc1S(=O)(=O)N(C)CC(=O)NCCN1CCc3ccccc3C1)O[C@@H](C)C(=O)N2. The topological polar surface area (TPSA) is 108 Å². The summed E-state index contributed by atoms with van der Waals surface area (Å²) in [6.45, 7) is 5.85. The number of likely N-dealkylation sites (N-methyl/N-ethyl adjacent to an activating group) is 1. The molecule has 0 unspecified atom stereocenters. The maximum atomic E-state index is 13.2.